The molecule has 0 spiro atoms. The second-order valence-corrected chi connectivity index (χ2v) is 7.81. The van der Waals surface area contributed by atoms with Crippen molar-refractivity contribution in [1.29, 1.82) is 0 Å². The Hall–Kier alpha value is -2.42. The summed E-state index contributed by atoms with van der Waals surface area (Å²) >= 11 is 12.4. The highest BCUT2D eigenvalue weighted by atomic mass is 35.5. The Kier molecular flexibility index (Phi) is 6.31. The van der Waals surface area contributed by atoms with E-state index < -0.39 is 18.2 Å². The normalized spacial score (nSPS) is 14.5. The van der Waals surface area contributed by atoms with Crippen LogP contribution in [0, 0.1) is 0 Å². The van der Waals surface area contributed by atoms with E-state index in [0.29, 0.717) is 48.1 Å². The van der Waals surface area contributed by atoms with Crippen LogP contribution in [0.15, 0.2) is 30.3 Å². The first-order chi connectivity index (χ1) is 14.9. The molecule has 164 valence electrons. The zero-order chi connectivity index (χ0) is 22.1. The number of carbonyl (C=O) groups excluding carboxylic acids is 1. The van der Waals surface area contributed by atoms with E-state index in [4.69, 9.17) is 32.7 Å². The van der Waals surface area contributed by atoms with Crippen molar-refractivity contribution in [3.63, 3.8) is 0 Å². The number of morpholine rings is 1. The highest BCUT2D eigenvalue weighted by Gasteiger charge is 2.26. The molecule has 2 aromatic carbocycles. The molecule has 6 nitrogen and oxygen atoms in total. The maximum atomic E-state index is 13.9. The van der Waals surface area contributed by atoms with Crippen molar-refractivity contribution in [1.82, 2.24) is 9.55 Å². The van der Waals surface area contributed by atoms with Crippen molar-refractivity contribution in [2.75, 3.05) is 38.3 Å². The number of hydrogen-bond acceptors (Lipinski definition) is 5. The van der Waals surface area contributed by atoms with Crippen molar-refractivity contribution in [3.8, 4) is 0 Å². The smallest absolute Gasteiger partial charge is 0.340 e. The largest absolute Gasteiger partial charge is 0.465 e. The zero-order valence-corrected chi connectivity index (χ0v) is 18.1. The maximum Gasteiger partial charge on any atom is 0.340 e. The lowest BCUT2D eigenvalue weighted by Gasteiger charge is -2.29. The van der Waals surface area contributed by atoms with Gasteiger partial charge in [0.05, 0.1) is 48.0 Å². The van der Waals surface area contributed by atoms with Crippen LogP contribution >= 0.6 is 23.2 Å². The van der Waals surface area contributed by atoms with E-state index in [1.165, 1.54) is 11.7 Å². The molecular weight excluding hydrogens is 451 g/mol. The molecule has 3 aromatic rings. The molecule has 0 amide bonds. The summed E-state index contributed by atoms with van der Waals surface area (Å²) in [5.74, 6) is -1.11. The van der Waals surface area contributed by atoms with Crippen molar-refractivity contribution < 1.29 is 23.0 Å². The summed E-state index contributed by atoms with van der Waals surface area (Å²) in [5.41, 5.74) is 1.93. The molecule has 0 aliphatic carbocycles. The highest BCUT2D eigenvalue weighted by Crippen LogP contribution is 2.33. The van der Waals surface area contributed by atoms with E-state index >= 15 is 0 Å². The number of ether oxygens (including phenoxy) is 2. The van der Waals surface area contributed by atoms with Gasteiger partial charge in [0.15, 0.2) is 5.82 Å². The number of imidazole rings is 1. The molecule has 1 aliphatic rings. The molecule has 10 heteroatoms. The average molecular weight is 470 g/mol. The van der Waals surface area contributed by atoms with Crippen LogP contribution in [0.1, 0.15) is 28.2 Å². The monoisotopic (exact) mass is 469 g/mol. The third-order valence-corrected chi connectivity index (χ3v) is 6.06. The number of anilines is 1. The highest BCUT2D eigenvalue weighted by molar-refractivity contribution is 6.42. The molecular formula is C21H19Cl2F2N3O3. The third kappa shape index (κ3) is 4.20. The van der Waals surface area contributed by atoms with Crippen LogP contribution in [0.2, 0.25) is 10.0 Å². The Morgan fingerprint density at radius 3 is 2.68 bits per heavy atom. The van der Waals surface area contributed by atoms with Gasteiger partial charge >= 0.3 is 5.97 Å². The first kappa shape index (κ1) is 21.8. The lowest BCUT2D eigenvalue weighted by Crippen LogP contribution is -2.36. The summed E-state index contributed by atoms with van der Waals surface area (Å²) in [5, 5.41) is 0.607. The SMILES string of the molecule is COC(=O)c1cc(N2CCOCC2)cc2c1nc(C(F)F)n2Cc1cccc(Cl)c1Cl. The Bertz CT molecular complexity index is 1130. The molecule has 1 aromatic heterocycles. The summed E-state index contributed by atoms with van der Waals surface area (Å²) in [6, 6.07) is 8.41. The third-order valence-electron chi connectivity index (χ3n) is 5.21. The molecule has 0 bridgehead atoms. The van der Waals surface area contributed by atoms with Gasteiger partial charge in [-0.05, 0) is 23.8 Å². The lowest BCUT2D eigenvalue weighted by atomic mass is 10.1. The molecule has 31 heavy (non-hydrogen) atoms. The van der Waals surface area contributed by atoms with Crippen molar-refractivity contribution in [2.45, 2.75) is 13.0 Å². The number of aromatic nitrogens is 2. The average Bonchev–Trinajstić information content (AvgIpc) is 3.15. The van der Waals surface area contributed by atoms with Gasteiger partial charge in [0, 0.05) is 18.8 Å². The van der Waals surface area contributed by atoms with Gasteiger partial charge in [0.2, 0.25) is 0 Å². The van der Waals surface area contributed by atoms with Crippen LogP contribution in [-0.4, -0.2) is 48.9 Å². The van der Waals surface area contributed by atoms with E-state index in [1.54, 1.807) is 30.3 Å². The minimum absolute atomic E-state index is 0.0166. The number of nitrogens with zero attached hydrogens (tertiary/aromatic N) is 3. The fourth-order valence-corrected chi connectivity index (χ4v) is 4.05. The van der Waals surface area contributed by atoms with Gasteiger partial charge in [0.1, 0.15) is 5.52 Å². The van der Waals surface area contributed by atoms with Crippen molar-refractivity contribution in [2.24, 2.45) is 0 Å². The molecule has 0 saturated carbocycles. The van der Waals surface area contributed by atoms with Crippen LogP contribution in [0.3, 0.4) is 0 Å². The Labute approximate surface area is 187 Å². The molecule has 0 atom stereocenters. The van der Waals surface area contributed by atoms with E-state index in [-0.39, 0.29) is 22.6 Å². The number of carbonyl (C=O) groups is 1. The first-order valence-electron chi connectivity index (χ1n) is 9.57. The quantitative estimate of drug-likeness (QED) is 0.494. The second kappa shape index (κ2) is 8.98. The fraction of sp³-hybridized carbons (Fsp3) is 0.333. The Morgan fingerprint density at radius 1 is 1.26 bits per heavy atom. The molecule has 0 radical (unpaired) electrons. The van der Waals surface area contributed by atoms with Gasteiger partial charge in [-0.3, -0.25) is 0 Å². The molecule has 1 fully saturated rings. The molecule has 0 N–H and O–H groups in total. The van der Waals surface area contributed by atoms with Crippen LogP contribution in [0.25, 0.3) is 11.0 Å². The van der Waals surface area contributed by atoms with E-state index in [2.05, 4.69) is 4.98 Å². The number of methoxy groups -OCH3 is 1. The van der Waals surface area contributed by atoms with Crippen LogP contribution in [0.4, 0.5) is 14.5 Å². The fourth-order valence-electron chi connectivity index (χ4n) is 3.67. The van der Waals surface area contributed by atoms with Gasteiger partial charge in [-0.15, -0.1) is 0 Å². The molecule has 1 aliphatic heterocycles. The number of esters is 1. The van der Waals surface area contributed by atoms with Gasteiger partial charge in [-0.2, -0.15) is 0 Å². The van der Waals surface area contributed by atoms with Crippen LogP contribution in [-0.2, 0) is 16.0 Å². The predicted octanol–water partition coefficient (Wildman–Crippen LogP) is 4.95. The van der Waals surface area contributed by atoms with E-state index in [1.807, 2.05) is 4.90 Å². The van der Waals surface area contributed by atoms with E-state index in [9.17, 15) is 13.6 Å². The summed E-state index contributed by atoms with van der Waals surface area (Å²) < 4.78 is 39.5. The number of alkyl halides is 2. The maximum absolute atomic E-state index is 13.9. The first-order valence-corrected chi connectivity index (χ1v) is 10.3. The molecule has 4 rings (SSSR count). The summed E-state index contributed by atoms with van der Waals surface area (Å²) in [7, 11) is 1.24. The Morgan fingerprint density at radius 2 is 2.00 bits per heavy atom. The molecule has 0 unspecified atom stereocenters. The van der Waals surface area contributed by atoms with Gasteiger partial charge in [-0.25, -0.2) is 18.6 Å². The summed E-state index contributed by atoms with van der Waals surface area (Å²) in [6.07, 6.45) is -2.86. The number of fused-ring (bicyclic) bond motifs is 1. The minimum Gasteiger partial charge on any atom is -0.465 e. The number of benzene rings is 2. The predicted molar refractivity (Wildman–Crippen MR) is 115 cm³/mol. The van der Waals surface area contributed by atoms with Crippen molar-refractivity contribution >= 4 is 45.9 Å². The topological polar surface area (TPSA) is 56.6 Å². The van der Waals surface area contributed by atoms with Gasteiger partial charge in [0.25, 0.3) is 6.43 Å². The minimum atomic E-state index is -2.86. The van der Waals surface area contributed by atoms with E-state index in [0.717, 1.165) is 0 Å². The number of hydrogen-bond donors (Lipinski definition) is 0. The molecule has 1 saturated heterocycles. The zero-order valence-electron chi connectivity index (χ0n) is 16.6. The van der Waals surface area contributed by atoms with Gasteiger partial charge in [-0.1, -0.05) is 35.3 Å². The molecule has 2 heterocycles. The van der Waals surface area contributed by atoms with Crippen LogP contribution in [0.5, 0.6) is 0 Å². The number of rotatable bonds is 5. The number of halogens is 4. The summed E-state index contributed by atoms with van der Waals surface area (Å²) in [4.78, 5) is 18.6. The van der Waals surface area contributed by atoms with Crippen molar-refractivity contribution in [3.05, 3.63) is 57.3 Å². The van der Waals surface area contributed by atoms with Gasteiger partial charge < -0.3 is 18.9 Å². The summed E-state index contributed by atoms with van der Waals surface area (Å²) in [6.45, 7) is 2.31. The lowest BCUT2D eigenvalue weighted by molar-refractivity contribution is 0.0602. The second-order valence-electron chi connectivity index (χ2n) is 7.02. The van der Waals surface area contributed by atoms with Crippen LogP contribution < -0.4 is 4.90 Å². The standard InChI is InChI=1S/C21H19Cl2F2N3O3/c1-30-21(29)14-9-13(27-5-7-31-8-6-27)10-16-18(14)26-20(19(24)25)28(16)11-12-3-2-4-15(22)17(12)23/h2-4,9-10,19H,5-8,11H2,1H3. The Balaban J connectivity index is 1.93.